The maximum Gasteiger partial charge on any atom is 0.338 e. The number of methoxy groups -OCH3 is 3. The SMILES string of the molecule is CCCCCCCN1C(=O)/C(=c2\sc3n(c2=O)[C@@H](c2ccc(OC)c(OC)c2)C(C(=O)OC)=C(C)N=3)c2ccccc21. The third-order valence-electron chi connectivity index (χ3n) is 7.76. The van der Waals surface area contributed by atoms with Gasteiger partial charge in [-0.3, -0.25) is 14.2 Å². The lowest BCUT2D eigenvalue weighted by Gasteiger charge is -2.25. The van der Waals surface area contributed by atoms with Gasteiger partial charge < -0.3 is 19.1 Å². The molecule has 10 heteroatoms. The summed E-state index contributed by atoms with van der Waals surface area (Å²) in [6.45, 7) is 4.48. The number of aromatic nitrogens is 1. The Hall–Kier alpha value is -4.18. The molecule has 220 valence electrons. The second-order valence-electron chi connectivity index (χ2n) is 10.3. The summed E-state index contributed by atoms with van der Waals surface area (Å²) < 4.78 is 17.8. The van der Waals surface area contributed by atoms with E-state index < -0.39 is 17.6 Å². The van der Waals surface area contributed by atoms with Gasteiger partial charge in [0, 0.05) is 12.1 Å². The predicted molar refractivity (Wildman–Crippen MR) is 162 cm³/mol. The van der Waals surface area contributed by atoms with Gasteiger partial charge in [-0.1, -0.05) is 68.2 Å². The maximum absolute atomic E-state index is 14.3. The van der Waals surface area contributed by atoms with Gasteiger partial charge in [0.1, 0.15) is 4.53 Å². The number of carbonyl (C=O) groups is 2. The molecule has 1 amide bonds. The molecule has 0 saturated carbocycles. The van der Waals surface area contributed by atoms with E-state index in [1.165, 1.54) is 32.3 Å². The largest absolute Gasteiger partial charge is 0.493 e. The summed E-state index contributed by atoms with van der Waals surface area (Å²) in [5, 5.41) is 0. The predicted octanol–water partition coefficient (Wildman–Crippen LogP) is 4.11. The fourth-order valence-corrected chi connectivity index (χ4v) is 6.81. The van der Waals surface area contributed by atoms with E-state index in [-0.39, 0.29) is 11.5 Å². The number of benzene rings is 2. The molecule has 2 aliphatic rings. The Kier molecular flexibility index (Phi) is 8.63. The van der Waals surface area contributed by atoms with Crippen LogP contribution in [0.15, 0.2) is 63.5 Å². The van der Waals surface area contributed by atoms with Crippen LogP contribution in [0.1, 0.15) is 63.1 Å². The number of hydrogen-bond acceptors (Lipinski definition) is 8. The number of allylic oxidation sites excluding steroid dienone is 1. The van der Waals surface area contributed by atoms with Gasteiger partial charge in [0.15, 0.2) is 16.3 Å². The number of anilines is 1. The van der Waals surface area contributed by atoms with E-state index in [0.717, 1.165) is 48.3 Å². The Morgan fingerprint density at radius 3 is 2.43 bits per heavy atom. The van der Waals surface area contributed by atoms with Gasteiger partial charge in [-0.2, -0.15) is 0 Å². The van der Waals surface area contributed by atoms with E-state index in [0.29, 0.717) is 44.2 Å². The number of hydrogen-bond donors (Lipinski definition) is 0. The van der Waals surface area contributed by atoms with E-state index in [9.17, 15) is 14.4 Å². The van der Waals surface area contributed by atoms with Gasteiger partial charge >= 0.3 is 5.97 Å². The highest BCUT2D eigenvalue weighted by Gasteiger charge is 2.37. The first-order chi connectivity index (χ1) is 20.4. The molecular formula is C32H35N3O6S. The molecule has 1 aromatic heterocycles. The number of thiazole rings is 1. The Labute approximate surface area is 248 Å². The second kappa shape index (κ2) is 12.4. The Morgan fingerprint density at radius 1 is 0.976 bits per heavy atom. The molecule has 0 bridgehead atoms. The van der Waals surface area contributed by atoms with Crippen LogP contribution in [0.25, 0.3) is 5.57 Å². The number of ether oxygens (including phenoxy) is 3. The lowest BCUT2D eigenvalue weighted by molar-refractivity contribution is -0.136. The molecule has 0 saturated heterocycles. The van der Waals surface area contributed by atoms with E-state index in [1.54, 1.807) is 30.0 Å². The van der Waals surface area contributed by atoms with Crippen molar-refractivity contribution in [1.29, 1.82) is 0 Å². The molecule has 0 unspecified atom stereocenters. The fourth-order valence-electron chi connectivity index (χ4n) is 5.68. The van der Waals surface area contributed by atoms with Gasteiger partial charge in [0.25, 0.3) is 11.5 Å². The van der Waals surface area contributed by atoms with E-state index in [2.05, 4.69) is 11.9 Å². The number of nitrogens with zero attached hydrogens (tertiary/aromatic N) is 3. The third kappa shape index (κ3) is 5.04. The molecule has 0 fully saturated rings. The van der Waals surface area contributed by atoms with Crippen molar-refractivity contribution in [2.24, 2.45) is 4.99 Å². The number of carbonyl (C=O) groups excluding carboxylic acids is 2. The summed E-state index contributed by atoms with van der Waals surface area (Å²) in [7, 11) is 4.36. The van der Waals surface area contributed by atoms with Crippen LogP contribution in [0.4, 0.5) is 5.69 Å². The zero-order chi connectivity index (χ0) is 30.0. The highest BCUT2D eigenvalue weighted by atomic mass is 32.1. The zero-order valence-corrected chi connectivity index (χ0v) is 25.4. The fraction of sp³-hybridized carbons (Fsp3) is 0.375. The molecule has 0 radical (unpaired) electrons. The zero-order valence-electron chi connectivity index (χ0n) is 24.6. The van der Waals surface area contributed by atoms with Crippen molar-refractivity contribution in [1.82, 2.24) is 4.57 Å². The molecule has 42 heavy (non-hydrogen) atoms. The highest BCUT2D eigenvalue weighted by molar-refractivity contribution is 7.07. The molecule has 0 aliphatic carbocycles. The Bertz CT molecular complexity index is 1750. The summed E-state index contributed by atoms with van der Waals surface area (Å²) >= 11 is 1.16. The molecule has 3 heterocycles. The molecule has 3 aromatic rings. The van der Waals surface area contributed by atoms with Crippen LogP contribution in [0.5, 0.6) is 11.5 Å². The molecule has 1 atom stereocenters. The molecular weight excluding hydrogens is 554 g/mol. The minimum Gasteiger partial charge on any atom is -0.493 e. The quantitative estimate of drug-likeness (QED) is 0.261. The first kappa shape index (κ1) is 29.3. The first-order valence-corrected chi connectivity index (χ1v) is 14.9. The topological polar surface area (TPSA) is 99.4 Å². The van der Waals surface area contributed by atoms with Crippen LogP contribution in [0.3, 0.4) is 0 Å². The summed E-state index contributed by atoms with van der Waals surface area (Å²) in [4.78, 5) is 48.2. The van der Waals surface area contributed by atoms with Crippen molar-refractivity contribution in [2.75, 3.05) is 32.8 Å². The third-order valence-corrected chi connectivity index (χ3v) is 8.81. The minimum atomic E-state index is -0.843. The average Bonchev–Trinajstić information content (AvgIpc) is 3.47. The normalized spacial score (nSPS) is 17.1. The van der Waals surface area contributed by atoms with Crippen LogP contribution in [-0.2, 0) is 14.3 Å². The van der Waals surface area contributed by atoms with Crippen LogP contribution >= 0.6 is 11.3 Å². The number of para-hydroxylation sites is 1. The van der Waals surface area contributed by atoms with Crippen LogP contribution in [0.2, 0.25) is 0 Å². The molecule has 2 aliphatic heterocycles. The molecule has 9 nitrogen and oxygen atoms in total. The van der Waals surface area contributed by atoms with E-state index in [1.807, 2.05) is 24.3 Å². The summed E-state index contributed by atoms with van der Waals surface area (Å²) in [6, 6.07) is 12.0. The van der Waals surface area contributed by atoms with Gasteiger partial charge in [-0.05, 0) is 37.1 Å². The number of esters is 1. The number of amides is 1. The minimum absolute atomic E-state index is 0.191. The summed E-state index contributed by atoms with van der Waals surface area (Å²) in [5.74, 6) is 0.182. The van der Waals surface area contributed by atoms with Crippen LogP contribution in [-0.4, -0.2) is 44.3 Å². The highest BCUT2D eigenvalue weighted by Crippen LogP contribution is 2.37. The van der Waals surface area contributed by atoms with E-state index in [4.69, 9.17) is 14.2 Å². The molecule has 2 aromatic carbocycles. The maximum atomic E-state index is 14.3. The summed E-state index contributed by atoms with van der Waals surface area (Å²) in [5.41, 5.74) is 2.80. The van der Waals surface area contributed by atoms with Crippen molar-refractivity contribution in [3.63, 3.8) is 0 Å². The second-order valence-corrected chi connectivity index (χ2v) is 11.2. The number of rotatable bonds is 10. The molecule has 0 N–H and O–H groups in total. The molecule has 5 rings (SSSR count). The van der Waals surface area contributed by atoms with Gasteiger partial charge in [0.2, 0.25) is 0 Å². The van der Waals surface area contributed by atoms with Gasteiger partial charge in [0.05, 0.1) is 49.9 Å². The number of unbranched alkanes of at least 4 members (excludes halogenated alkanes) is 4. The Balaban J connectivity index is 1.69. The number of fused-ring (bicyclic) bond motifs is 2. The van der Waals surface area contributed by atoms with Gasteiger partial charge in [-0.15, -0.1) is 0 Å². The monoisotopic (exact) mass is 589 g/mol. The summed E-state index contributed by atoms with van der Waals surface area (Å²) in [6.07, 6.45) is 5.38. The van der Waals surface area contributed by atoms with Crippen molar-refractivity contribution in [3.8, 4) is 11.5 Å². The van der Waals surface area contributed by atoms with Crippen molar-refractivity contribution < 1.29 is 23.8 Å². The van der Waals surface area contributed by atoms with E-state index >= 15 is 0 Å². The lowest BCUT2D eigenvalue weighted by Crippen LogP contribution is -2.41. The smallest absolute Gasteiger partial charge is 0.338 e. The average molecular weight is 590 g/mol. The van der Waals surface area contributed by atoms with Crippen molar-refractivity contribution >= 4 is 34.5 Å². The van der Waals surface area contributed by atoms with Gasteiger partial charge in [-0.25, -0.2) is 9.79 Å². The molecule has 0 spiro atoms. The standard InChI is InChI=1S/C32H35N3O6S/c1-6-7-8-9-12-17-34-22-14-11-10-13-21(22)26(29(34)36)28-30(37)35-27(20-15-16-23(39-3)24(18-20)40-4)25(31(38)41-5)19(2)33-32(35)42-28/h10-11,13-16,18,27H,6-9,12,17H2,1-5H3/b28-26-/t27-/m0/s1. The Morgan fingerprint density at radius 2 is 1.71 bits per heavy atom. The van der Waals surface area contributed by atoms with Crippen LogP contribution < -0.4 is 29.3 Å². The lowest BCUT2D eigenvalue weighted by atomic mass is 9.95. The van der Waals surface area contributed by atoms with Crippen LogP contribution in [0, 0.1) is 0 Å². The first-order valence-electron chi connectivity index (χ1n) is 14.1. The van der Waals surface area contributed by atoms with Crippen molar-refractivity contribution in [3.05, 3.63) is 84.5 Å². The van der Waals surface area contributed by atoms with Crippen molar-refractivity contribution in [2.45, 2.75) is 52.0 Å².